The van der Waals surface area contributed by atoms with Crippen LogP contribution in [0.2, 0.25) is 0 Å². The minimum Gasteiger partial charge on any atom is -0.329 e. The molecule has 1 unspecified atom stereocenters. The molecule has 2 rings (SSSR count). The van der Waals surface area contributed by atoms with E-state index >= 15 is 0 Å². The average molecular weight is 240 g/mol. The van der Waals surface area contributed by atoms with Crippen molar-refractivity contribution >= 4 is 0 Å². The third-order valence-corrected chi connectivity index (χ3v) is 3.33. The predicted octanol–water partition coefficient (Wildman–Crippen LogP) is 2.31. The van der Waals surface area contributed by atoms with Gasteiger partial charge in [-0.15, -0.1) is 0 Å². The Balaban J connectivity index is 2.20. The SMILES string of the molecule is CN(CC1CC1)C(CN)c1c(F)cccc1F. The zero-order valence-electron chi connectivity index (χ0n) is 10.00. The van der Waals surface area contributed by atoms with Gasteiger partial charge in [-0.3, -0.25) is 4.90 Å². The molecule has 1 atom stereocenters. The summed E-state index contributed by atoms with van der Waals surface area (Å²) in [5, 5.41) is 0. The quantitative estimate of drug-likeness (QED) is 0.855. The highest BCUT2D eigenvalue weighted by atomic mass is 19.1. The molecule has 0 spiro atoms. The van der Waals surface area contributed by atoms with Crippen molar-refractivity contribution < 1.29 is 8.78 Å². The fourth-order valence-corrected chi connectivity index (χ4v) is 2.18. The molecule has 1 aliphatic carbocycles. The first-order chi connectivity index (χ1) is 8.13. The lowest BCUT2D eigenvalue weighted by Crippen LogP contribution is -2.33. The van der Waals surface area contributed by atoms with Gasteiger partial charge >= 0.3 is 0 Å². The maximum Gasteiger partial charge on any atom is 0.130 e. The molecule has 17 heavy (non-hydrogen) atoms. The van der Waals surface area contributed by atoms with Crippen molar-refractivity contribution in [1.29, 1.82) is 0 Å². The third-order valence-electron chi connectivity index (χ3n) is 3.33. The Labute approximate surface area is 100 Å². The molecule has 0 aliphatic heterocycles. The van der Waals surface area contributed by atoms with E-state index in [0.29, 0.717) is 5.92 Å². The molecule has 0 saturated heterocycles. The molecular weight excluding hydrogens is 222 g/mol. The van der Waals surface area contributed by atoms with Gasteiger partial charge in [0, 0.05) is 18.7 Å². The Hall–Kier alpha value is -1.00. The van der Waals surface area contributed by atoms with Crippen LogP contribution in [0, 0.1) is 17.6 Å². The summed E-state index contributed by atoms with van der Waals surface area (Å²) < 4.78 is 27.4. The summed E-state index contributed by atoms with van der Waals surface area (Å²) in [7, 11) is 1.88. The highest BCUT2D eigenvalue weighted by Gasteiger charge is 2.28. The zero-order valence-corrected chi connectivity index (χ0v) is 10.00. The van der Waals surface area contributed by atoms with Crippen LogP contribution in [0.1, 0.15) is 24.4 Å². The highest BCUT2D eigenvalue weighted by Crippen LogP contribution is 2.32. The summed E-state index contributed by atoms with van der Waals surface area (Å²) in [4.78, 5) is 1.96. The Morgan fingerprint density at radius 2 is 1.94 bits per heavy atom. The van der Waals surface area contributed by atoms with E-state index in [-0.39, 0.29) is 18.2 Å². The van der Waals surface area contributed by atoms with Crippen LogP contribution < -0.4 is 5.73 Å². The van der Waals surface area contributed by atoms with E-state index < -0.39 is 11.6 Å². The van der Waals surface area contributed by atoms with Gasteiger partial charge in [0.05, 0.1) is 6.04 Å². The monoisotopic (exact) mass is 240 g/mol. The average Bonchev–Trinajstić information content (AvgIpc) is 3.07. The summed E-state index contributed by atoms with van der Waals surface area (Å²) in [6.45, 7) is 1.08. The third kappa shape index (κ3) is 2.82. The summed E-state index contributed by atoms with van der Waals surface area (Å²) in [6.07, 6.45) is 2.42. The highest BCUT2D eigenvalue weighted by molar-refractivity contribution is 5.23. The number of benzene rings is 1. The van der Waals surface area contributed by atoms with Crippen molar-refractivity contribution in [2.45, 2.75) is 18.9 Å². The van der Waals surface area contributed by atoms with Crippen LogP contribution in [0.4, 0.5) is 8.78 Å². The largest absolute Gasteiger partial charge is 0.329 e. The number of hydrogen-bond donors (Lipinski definition) is 1. The molecule has 1 fully saturated rings. The van der Waals surface area contributed by atoms with Gasteiger partial charge in [-0.05, 0) is 37.9 Å². The van der Waals surface area contributed by atoms with Gasteiger partial charge in [0.2, 0.25) is 0 Å². The molecule has 1 saturated carbocycles. The number of hydrogen-bond acceptors (Lipinski definition) is 2. The smallest absolute Gasteiger partial charge is 0.130 e. The van der Waals surface area contributed by atoms with Crippen molar-refractivity contribution in [1.82, 2.24) is 4.90 Å². The molecule has 0 radical (unpaired) electrons. The van der Waals surface area contributed by atoms with Gasteiger partial charge in [-0.2, -0.15) is 0 Å². The van der Waals surface area contributed by atoms with Gasteiger partial charge in [0.1, 0.15) is 11.6 Å². The van der Waals surface area contributed by atoms with Gasteiger partial charge in [0.15, 0.2) is 0 Å². The second-order valence-electron chi connectivity index (χ2n) is 4.77. The molecule has 2 N–H and O–H groups in total. The zero-order chi connectivity index (χ0) is 12.4. The van der Waals surface area contributed by atoms with E-state index in [1.807, 2.05) is 11.9 Å². The number of halogens is 2. The van der Waals surface area contributed by atoms with Crippen LogP contribution >= 0.6 is 0 Å². The van der Waals surface area contributed by atoms with Gasteiger partial charge < -0.3 is 5.73 Å². The fraction of sp³-hybridized carbons (Fsp3) is 0.538. The number of rotatable bonds is 5. The molecule has 1 aliphatic rings. The standard InChI is InChI=1S/C13H18F2N2/c1-17(8-9-5-6-9)12(7-16)13-10(14)3-2-4-11(13)15/h2-4,9,12H,5-8,16H2,1H3. The maximum atomic E-state index is 13.7. The first-order valence-corrected chi connectivity index (χ1v) is 5.97. The number of nitrogens with zero attached hydrogens (tertiary/aromatic N) is 1. The fourth-order valence-electron chi connectivity index (χ4n) is 2.18. The van der Waals surface area contributed by atoms with Gasteiger partial charge in [-0.25, -0.2) is 8.78 Å². The summed E-state index contributed by atoms with van der Waals surface area (Å²) >= 11 is 0. The number of nitrogens with two attached hydrogens (primary N) is 1. The molecule has 1 aromatic carbocycles. The van der Waals surface area contributed by atoms with Crippen LogP contribution in [0.15, 0.2) is 18.2 Å². The first-order valence-electron chi connectivity index (χ1n) is 5.97. The lowest BCUT2D eigenvalue weighted by molar-refractivity contribution is 0.230. The maximum absolute atomic E-state index is 13.7. The van der Waals surface area contributed by atoms with E-state index in [4.69, 9.17) is 5.73 Å². The second-order valence-corrected chi connectivity index (χ2v) is 4.77. The van der Waals surface area contributed by atoms with Crippen LogP contribution in [0.3, 0.4) is 0 Å². The molecule has 0 heterocycles. The van der Waals surface area contributed by atoms with Crippen molar-refractivity contribution in [2.75, 3.05) is 20.1 Å². The summed E-state index contributed by atoms with van der Waals surface area (Å²) in [6, 6.07) is 3.57. The Morgan fingerprint density at radius 1 is 1.35 bits per heavy atom. The van der Waals surface area contributed by atoms with Gasteiger partial charge in [0.25, 0.3) is 0 Å². The number of likely N-dealkylation sites (N-methyl/N-ethyl adjacent to an activating group) is 1. The molecule has 2 nitrogen and oxygen atoms in total. The van der Waals surface area contributed by atoms with E-state index in [9.17, 15) is 8.78 Å². The first kappa shape index (κ1) is 12.5. The van der Waals surface area contributed by atoms with Crippen LogP contribution in [-0.2, 0) is 0 Å². The van der Waals surface area contributed by atoms with Crippen LogP contribution in [0.5, 0.6) is 0 Å². The molecule has 1 aromatic rings. The van der Waals surface area contributed by atoms with Crippen LogP contribution in [-0.4, -0.2) is 25.0 Å². The molecule has 0 aromatic heterocycles. The normalized spacial score (nSPS) is 17.5. The van der Waals surface area contributed by atoms with Crippen molar-refractivity contribution in [3.63, 3.8) is 0 Å². The van der Waals surface area contributed by atoms with E-state index in [1.165, 1.54) is 31.0 Å². The molecule has 4 heteroatoms. The molecule has 0 amide bonds. The summed E-state index contributed by atoms with van der Waals surface area (Å²) in [5.74, 6) is -0.352. The van der Waals surface area contributed by atoms with Crippen molar-refractivity contribution in [2.24, 2.45) is 11.7 Å². The summed E-state index contributed by atoms with van der Waals surface area (Å²) in [5.41, 5.74) is 5.76. The molecule has 0 bridgehead atoms. The Kier molecular flexibility index (Phi) is 3.74. The predicted molar refractivity (Wildman–Crippen MR) is 63.5 cm³/mol. The topological polar surface area (TPSA) is 29.3 Å². The Morgan fingerprint density at radius 3 is 2.41 bits per heavy atom. The Bertz CT molecular complexity index is 371. The lowest BCUT2D eigenvalue weighted by atomic mass is 10.0. The minimum absolute atomic E-state index is 0.0955. The van der Waals surface area contributed by atoms with Crippen LogP contribution in [0.25, 0.3) is 0 Å². The lowest BCUT2D eigenvalue weighted by Gasteiger charge is -2.27. The van der Waals surface area contributed by atoms with E-state index in [1.54, 1.807) is 0 Å². The van der Waals surface area contributed by atoms with E-state index in [2.05, 4.69) is 0 Å². The van der Waals surface area contributed by atoms with Crippen molar-refractivity contribution in [3.8, 4) is 0 Å². The van der Waals surface area contributed by atoms with E-state index in [0.717, 1.165) is 6.54 Å². The molecule has 94 valence electrons. The minimum atomic E-state index is -0.511. The molecular formula is C13H18F2N2. The van der Waals surface area contributed by atoms with Crippen molar-refractivity contribution in [3.05, 3.63) is 35.4 Å². The van der Waals surface area contributed by atoms with Gasteiger partial charge in [-0.1, -0.05) is 6.07 Å². The second kappa shape index (κ2) is 5.10.